The van der Waals surface area contributed by atoms with E-state index in [1.165, 1.54) is 6.07 Å². The van der Waals surface area contributed by atoms with Gasteiger partial charge < -0.3 is 15.1 Å². The van der Waals surface area contributed by atoms with Crippen molar-refractivity contribution in [3.8, 4) is 0 Å². The molecule has 0 radical (unpaired) electrons. The van der Waals surface area contributed by atoms with Gasteiger partial charge in [0, 0.05) is 12.6 Å². The molecule has 0 aromatic heterocycles. The van der Waals surface area contributed by atoms with Crippen LogP contribution in [0.25, 0.3) is 0 Å². The maximum Gasteiger partial charge on any atom is 0.292 e. The number of hydrogen-bond acceptors (Lipinski definition) is 5. The summed E-state index contributed by atoms with van der Waals surface area (Å²) in [6, 6.07) is 4.66. The van der Waals surface area contributed by atoms with Crippen molar-refractivity contribution in [2.75, 3.05) is 18.1 Å². The average molecular weight is 252 g/mol. The molecule has 1 aromatic rings. The molecule has 1 aliphatic rings. The SMILES string of the molecule is O=[N+]([O-])c1cc(CO)ccc1N1CCCC1CO. The molecule has 1 fully saturated rings. The van der Waals surface area contributed by atoms with Gasteiger partial charge in [-0.3, -0.25) is 10.1 Å². The number of nitro groups is 1. The number of aliphatic hydroxyl groups is 2. The molecule has 1 aliphatic heterocycles. The van der Waals surface area contributed by atoms with E-state index < -0.39 is 4.92 Å². The zero-order valence-corrected chi connectivity index (χ0v) is 9.95. The molecule has 0 saturated carbocycles. The zero-order chi connectivity index (χ0) is 13.1. The number of nitro benzene ring substituents is 1. The summed E-state index contributed by atoms with van der Waals surface area (Å²) in [6.45, 7) is 0.494. The third-order valence-corrected chi connectivity index (χ3v) is 3.32. The Bertz CT molecular complexity index is 450. The highest BCUT2D eigenvalue weighted by Gasteiger charge is 2.29. The fourth-order valence-electron chi connectivity index (χ4n) is 2.40. The van der Waals surface area contributed by atoms with Gasteiger partial charge in [0.25, 0.3) is 5.69 Å². The minimum atomic E-state index is -0.443. The van der Waals surface area contributed by atoms with Crippen LogP contribution >= 0.6 is 0 Å². The van der Waals surface area contributed by atoms with Crippen molar-refractivity contribution in [1.82, 2.24) is 0 Å². The second kappa shape index (κ2) is 5.32. The highest BCUT2D eigenvalue weighted by molar-refractivity contribution is 5.65. The van der Waals surface area contributed by atoms with Crippen molar-refractivity contribution in [3.63, 3.8) is 0 Å². The second-order valence-corrected chi connectivity index (χ2v) is 4.41. The highest BCUT2D eigenvalue weighted by atomic mass is 16.6. The number of benzene rings is 1. The minimum absolute atomic E-state index is 0.00109. The van der Waals surface area contributed by atoms with Crippen LogP contribution in [0, 0.1) is 10.1 Å². The molecule has 2 N–H and O–H groups in total. The molecule has 18 heavy (non-hydrogen) atoms. The van der Waals surface area contributed by atoms with Crippen LogP contribution in [0.4, 0.5) is 11.4 Å². The van der Waals surface area contributed by atoms with E-state index in [1.54, 1.807) is 12.1 Å². The first-order chi connectivity index (χ1) is 8.67. The quantitative estimate of drug-likeness (QED) is 0.617. The van der Waals surface area contributed by atoms with E-state index in [2.05, 4.69) is 0 Å². The van der Waals surface area contributed by atoms with Gasteiger partial charge in [0.15, 0.2) is 0 Å². The Morgan fingerprint density at radius 1 is 1.44 bits per heavy atom. The highest BCUT2D eigenvalue weighted by Crippen LogP contribution is 2.34. The van der Waals surface area contributed by atoms with E-state index in [-0.39, 0.29) is 24.9 Å². The molecule has 0 spiro atoms. The van der Waals surface area contributed by atoms with Crippen molar-refractivity contribution in [2.45, 2.75) is 25.5 Å². The van der Waals surface area contributed by atoms with Gasteiger partial charge in [0.1, 0.15) is 5.69 Å². The summed E-state index contributed by atoms with van der Waals surface area (Å²) in [5, 5.41) is 29.4. The topological polar surface area (TPSA) is 86.8 Å². The Kier molecular flexibility index (Phi) is 3.78. The molecule has 0 amide bonds. The Labute approximate surface area is 105 Å². The van der Waals surface area contributed by atoms with Crippen LogP contribution in [0.15, 0.2) is 18.2 Å². The lowest BCUT2D eigenvalue weighted by atomic mass is 10.1. The normalized spacial score (nSPS) is 19.2. The standard InChI is InChI=1S/C12H16N2O4/c15-7-9-3-4-11(12(6-9)14(17)18)13-5-1-2-10(13)8-16/h3-4,6,10,15-16H,1-2,5,7-8H2. The van der Waals surface area contributed by atoms with Crippen LogP contribution in [-0.4, -0.2) is 34.3 Å². The Morgan fingerprint density at radius 3 is 2.83 bits per heavy atom. The van der Waals surface area contributed by atoms with Crippen LogP contribution in [0.1, 0.15) is 18.4 Å². The molecule has 6 nitrogen and oxygen atoms in total. The van der Waals surface area contributed by atoms with Crippen molar-refractivity contribution in [1.29, 1.82) is 0 Å². The first kappa shape index (κ1) is 12.8. The maximum atomic E-state index is 11.1. The summed E-state index contributed by atoms with van der Waals surface area (Å²) in [5.74, 6) is 0. The summed E-state index contributed by atoms with van der Waals surface area (Å²) in [6.07, 6.45) is 1.76. The Hall–Kier alpha value is -1.66. The predicted octanol–water partition coefficient (Wildman–Crippen LogP) is 1.05. The van der Waals surface area contributed by atoms with Gasteiger partial charge in [-0.25, -0.2) is 0 Å². The maximum absolute atomic E-state index is 11.1. The van der Waals surface area contributed by atoms with Gasteiger partial charge in [-0.1, -0.05) is 6.07 Å². The molecular weight excluding hydrogens is 236 g/mol. The van der Waals surface area contributed by atoms with Crippen LogP contribution in [0.2, 0.25) is 0 Å². The molecule has 0 bridgehead atoms. The van der Waals surface area contributed by atoms with Crippen LogP contribution in [0.3, 0.4) is 0 Å². The molecular formula is C12H16N2O4. The minimum Gasteiger partial charge on any atom is -0.394 e. The summed E-state index contributed by atoms with van der Waals surface area (Å²) >= 11 is 0. The fraction of sp³-hybridized carbons (Fsp3) is 0.500. The van der Waals surface area contributed by atoms with Crippen LogP contribution in [-0.2, 0) is 6.61 Å². The van der Waals surface area contributed by atoms with E-state index in [4.69, 9.17) is 5.11 Å². The van der Waals surface area contributed by atoms with Crippen molar-refractivity contribution >= 4 is 11.4 Å². The predicted molar refractivity (Wildman–Crippen MR) is 66.5 cm³/mol. The lowest BCUT2D eigenvalue weighted by Crippen LogP contribution is -2.32. The summed E-state index contributed by atoms with van der Waals surface area (Å²) in [7, 11) is 0. The molecule has 0 aliphatic carbocycles. The van der Waals surface area contributed by atoms with E-state index in [1.807, 2.05) is 4.90 Å². The van der Waals surface area contributed by atoms with Gasteiger partial charge in [0.05, 0.1) is 24.2 Å². The first-order valence-corrected chi connectivity index (χ1v) is 5.93. The average Bonchev–Trinajstić information content (AvgIpc) is 2.86. The van der Waals surface area contributed by atoms with Crippen LogP contribution in [0.5, 0.6) is 0 Å². The van der Waals surface area contributed by atoms with E-state index in [9.17, 15) is 15.2 Å². The third kappa shape index (κ3) is 2.30. The van der Waals surface area contributed by atoms with Gasteiger partial charge in [0.2, 0.25) is 0 Å². The summed E-state index contributed by atoms with van der Waals surface area (Å²) in [5.41, 5.74) is 1.03. The third-order valence-electron chi connectivity index (χ3n) is 3.32. The van der Waals surface area contributed by atoms with Gasteiger partial charge in [-0.05, 0) is 24.5 Å². The number of nitrogens with zero attached hydrogens (tertiary/aromatic N) is 2. The fourth-order valence-corrected chi connectivity index (χ4v) is 2.40. The largest absolute Gasteiger partial charge is 0.394 e. The molecule has 2 rings (SSSR count). The Morgan fingerprint density at radius 2 is 2.22 bits per heavy atom. The van der Waals surface area contributed by atoms with Gasteiger partial charge in [-0.2, -0.15) is 0 Å². The lowest BCUT2D eigenvalue weighted by molar-refractivity contribution is -0.384. The second-order valence-electron chi connectivity index (χ2n) is 4.41. The van der Waals surface area contributed by atoms with Crippen LogP contribution < -0.4 is 4.90 Å². The smallest absolute Gasteiger partial charge is 0.292 e. The van der Waals surface area contributed by atoms with Gasteiger partial charge >= 0.3 is 0 Å². The number of anilines is 1. The van der Waals surface area contributed by atoms with E-state index in [0.717, 1.165) is 12.8 Å². The molecule has 1 saturated heterocycles. The number of aliphatic hydroxyl groups excluding tert-OH is 2. The summed E-state index contributed by atoms with van der Waals surface area (Å²) < 4.78 is 0. The molecule has 1 aromatic carbocycles. The zero-order valence-electron chi connectivity index (χ0n) is 9.95. The van der Waals surface area contributed by atoms with Crippen molar-refractivity contribution in [2.24, 2.45) is 0 Å². The molecule has 1 unspecified atom stereocenters. The van der Waals surface area contributed by atoms with E-state index in [0.29, 0.717) is 17.8 Å². The first-order valence-electron chi connectivity index (χ1n) is 5.93. The summed E-state index contributed by atoms with van der Waals surface area (Å²) in [4.78, 5) is 12.5. The number of hydrogen-bond donors (Lipinski definition) is 2. The molecule has 98 valence electrons. The van der Waals surface area contributed by atoms with Crippen molar-refractivity contribution in [3.05, 3.63) is 33.9 Å². The molecule has 6 heteroatoms. The van der Waals surface area contributed by atoms with Gasteiger partial charge in [-0.15, -0.1) is 0 Å². The van der Waals surface area contributed by atoms with E-state index >= 15 is 0 Å². The molecule has 1 heterocycles. The molecule has 1 atom stereocenters. The lowest BCUT2D eigenvalue weighted by Gasteiger charge is -2.25. The van der Waals surface area contributed by atoms with Crippen molar-refractivity contribution < 1.29 is 15.1 Å². The Balaban J connectivity index is 2.40. The monoisotopic (exact) mass is 252 g/mol. The number of rotatable bonds is 4.